The van der Waals surface area contributed by atoms with Gasteiger partial charge in [-0.25, -0.2) is 12.0 Å². The minimum atomic E-state index is -0.374. The van der Waals surface area contributed by atoms with Crippen LogP contribution in [0.2, 0.25) is 0 Å². The first-order valence-corrected chi connectivity index (χ1v) is 8.86. The number of aryl methyl sites for hydroxylation is 1. The molecule has 6 nitrogen and oxygen atoms in total. The Morgan fingerprint density at radius 1 is 1.42 bits per heavy atom. The first-order chi connectivity index (χ1) is 11.4. The molecule has 0 saturated carbocycles. The quantitative estimate of drug-likeness (QED) is 0.582. The summed E-state index contributed by atoms with van der Waals surface area (Å²) in [5.74, 6) is 0.378. The highest BCUT2D eigenvalue weighted by molar-refractivity contribution is 14.1. The van der Waals surface area contributed by atoms with E-state index in [2.05, 4.69) is 28.8 Å². The van der Waals surface area contributed by atoms with Crippen LogP contribution in [0.3, 0.4) is 0 Å². The number of fused-ring (bicyclic) bond motifs is 2. The van der Waals surface area contributed by atoms with E-state index in [9.17, 15) is 9.18 Å². The zero-order valence-corrected chi connectivity index (χ0v) is 15.9. The van der Waals surface area contributed by atoms with E-state index in [1.165, 1.54) is 2.78 Å². The van der Waals surface area contributed by atoms with E-state index in [0.717, 1.165) is 13.1 Å². The molecule has 1 saturated heterocycles. The van der Waals surface area contributed by atoms with E-state index >= 15 is 0 Å². The molecule has 2 aliphatic heterocycles. The Balaban J connectivity index is 2.08. The van der Waals surface area contributed by atoms with Gasteiger partial charge in [0.1, 0.15) is 12.4 Å². The Hall–Kier alpha value is -1.42. The number of hydrogen-bond acceptors (Lipinski definition) is 5. The third kappa shape index (κ3) is 2.22. The monoisotopic (exact) mass is 444 g/mol. The molecule has 8 heteroatoms. The molecule has 0 spiro atoms. The molecule has 0 radical (unpaired) electrons. The number of aromatic nitrogens is 2. The molecule has 0 amide bonds. The van der Waals surface area contributed by atoms with Crippen LogP contribution < -0.4 is 15.3 Å². The van der Waals surface area contributed by atoms with Gasteiger partial charge in [0.2, 0.25) is 0 Å². The number of benzene rings is 1. The molecule has 0 N–H and O–H groups in total. The number of piperazine rings is 1. The largest absolute Gasteiger partial charge is 0.487 e. The Labute approximate surface area is 152 Å². The molecule has 2 atom stereocenters. The van der Waals surface area contributed by atoms with Gasteiger partial charge in [0.05, 0.1) is 39.8 Å². The summed E-state index contributed by atoms with van der Waals surface area (Å²) in [5.41, 5.74) is 0.762. The second kappa shape index (κ2) is 5.55. The van der Waals surface area contributed by atoms with Crippen molar-refractivity contribution in [3.8, 4) is 5.75 Å². The van der Waals surface area contributed by atoms with E-state index in [0.29, 0.717) is 28.9 Å². The highest BCUT2D eigenvalue weighted by atomic mass is 127. The summed E-state index contributed by atoms with van der Waals surface area (Å²) in [6.07, 6.45) is 0. The van der Waals surface area contributed by atoms with Crippen molar-refractivity contribution in [1.82, 2.24) is 12.7 Å². The third-order valence-corrected chi connectivity index (χ3v) is 5.75. The number of halogens is 2. The molecule has 0 bridgehead atoms. The van der Waals surface area contributed by atoms with Crippen LogP contribution >= 0.6 is 22.9 Å². The van der Waals surface area contributed by atoms with E-state index in [-0.39, 0.29) is 29.3 Å². The van der Waals surface area contributed by atoms with Crippen LogP contribution in [-0.2, 0) is 0 Å². The van der Waals surface area contributed by atoms with Crippen molar-refractivity contribution in [2.45, 2.75) is 25.9 Å². The van der Waals surface area contributed by atoms with E-state index < -0.39 is 0 Å². The lowest BCUT2D eigenvalue weighted by molar-refractivity contribution is 0.183. The Kier molecular flexibility index (Phi) is 3.72. The summed E-state index contributed by atoms with van der Waals surface area (Å²) in [4.78, 5) is 21.0. The van der Waals surface area contributed by atoms with Crippen LogP contribution in [-0.4, -0.2) is 51.5 Å². The molecule has 1 aromatic heterocycles. The predicted octanol–water partition coefficient (Wildman–Crippen LogP) is 1.94. The van der Waals surface area contributed by atoms with Crippen LogP contribution in [0.1, 0.15) is 12.5 Å². The van der Waals surface area contributed by atoms with Crippen molar-refractivity contribution < 1.29 is 9.13 Å². The number of ether oxygens (including phenoxy) is 1. The van der Waals surface area contributed by atoms with Crippen LogP contribution in [0.25, 0.3) is 10.9 Å². The zero-order valence-electron chi connectivity index (χ0n) is 13.7. The highest BCUT2D eigenvalue weighted by Crippen LogP contribution is 2.40. The van der Waals surface area contributed by atoms with Crippen molar-refractivity contribution in [2.75, 3.05) is 31.6 Å². The minimum Gasteiger partial charge on any atom is -0.487 e. The van der Waals surface area contributed by atoms with Gasteiger partial charge in [-0.3, -0.25) is 0 Å². The molecule has 1 aromatic carbocycles. The van der Waals surface area contributed by atoms with Crippen LogP contribution in [0, 0.1) is 12.7 Å². The summed E-state index contributed by atoms with van der Waals surface area (Å²) >= 11 is 1.91. The molecular weight excluding hydrogens is 426 g/mol. The smallest absolute Gasteiger partial charge is 0.359 e. The molecule has 2 unspecified atom stereocenters. The lowest BCUT2D eigenvalue weighted by atomic mass is 10.1. The van der Waals surface area contributed by atoms with Crippen LogP contribution in [0.5, 0.6) is 5.75 Å². The van der Waals surface area contributed by atoms with Crippen molar-refractivity contribution >= 4 is 39.6 Å². The Morgan fingerprint density at radius 3 is 2.92 bits per heavy atom. The lowest BCUT2D eigenvalue weighted by Crippen LogP contribution is -2.59. The molecule has 2 aliphatic rings. The number of likely N-dealkylation sites (N-methyl/N-ethyl adjacent to an activating group) is 1. The normalized spacial score (nSPS) is 23.8. The summed E-state index contributed by atoms with van der Waals surface area (Å²) in [6, 6.07) is 1.89. The second-order valence-electron chi connectivity index (χ2n) is 6.67. The maximum Gasteiger partial charge on any atom is 0.359 e. The summed E-state index contributed by atoms with van der Waals surface area (Å²) < 4.78 is 22.1. The van der Waals surface area contributed by atoms with Gasteiger partial charge in [0, 0.05) is 19.1 Å². The predicted molar refractivity (Wildman–Crippen MR) is 98.8 cm³/mol. The first kappa shape index (κ1) is 16.1. The molecule has 24 heavy (non-hydrogen) atoms. The average Bonchev–Trinajstić information content (AvgIpc) is 2.67. The van der Waals surface area contributed by atoms with Crippen LogP contribution in [0.4, 0.5) is 10.2 Å². The number of rotatable bonds is 0. The highest BCUT2D eigenvalue weighted by Gasteiger charge is 2.37. The Morgan fingerprint density at radius 2 is 2.17 bits per heavy atom. The van der Waals surface area contributed by atoms with E-state index in [4.69, 9.17) is 4.74 Å². The van der Waals surface area contributed by atoms with Gasteiger partial charge in [0.15, 0.2) is 11.6 Å². The van der Waals surface area contributed by atoms with Gasteiger partial charge >= 0.3 is 5.69 Å². The van der Waals surface area contributed by atoms with Crippen molar-refractivity contribution in [1.29, 1.82) is 0 Å². The van der Waals surface area contributed by atoms with Gasteiger partial charge in [0.25, 0.3) is 0 Å². The van der Waals surface area contributed by atoms with Gasteiger partial charge in [-0.1, -0.05) is 0 Å². The van der Waals surface area contributed by atoms with Crippen molar-refractivity contribution in [3.05, 3.63) is 27.9 Å². The van der Waals surface area contributed by atoms with Gasteiger partial charge in [-0.2, -0.15) is 4.98 Å². The molecule has 3 heterocycles. The topological polar surface area (TPSA) is 50.6 Å². The van der Waals surface area contributed by atoms with Crippen LogP contribution in [0.15, 0.2) is 10.9 Å². The maximum atomic E-state index is 14.7. The lowest BCUT2D eigenvalue weighted by Gasteiger charge is -2.44. The fourth-order valence-corrected chi connectivity index (χ4v) is 4.34. The van der Waals surface area contributed by atoms with Crippen molar-refractivity contribution in [3.63, 3.8) is 0 Å². The fourth-order valence-electron chi connectivity index (χ4n) is 3.85. The van der Waals surface area contributed by atoms with E-state index in [1.54, 1.807) is 13.0 Å². The molecule has 4 rings (SSSR count). The average molecular weight is 444 g/mol. The summed E-state index contributed by atoms with van der Waals surface area (Å²) in [6.45, 7) is 5.80. The SMILES string of the molecule is Cc1cc2c3c(nc(=O)n2I)N2C(C)CN(C)CC2COc3c1F. The second-order valence-corrected chi connectivity index (χ2v) is 7.64. The molecule has 0 aliphatic carbocycles. The standard InChI is InChI=1S/C16H18FIN4O2/c1-8-4-11-12-14(13(8)17)24-7-10-6-20(3)5-9(2)21(10)15(12)19-16(23)22(11)18/h4,9-10H,5-7H2,1-3H3. The fraction of sp³-hybridized carbons (Fsp3) is 0.500. The molecule has 2 aromatic rings. The maximum absolute atomic E-state index is 14.7. The first-order valence-electron chi connectivity index (χ1n) is 7.90. The molecule has 128 valence electrons. The number of anilines is 1. The zero-order chi connectivity index (χ0) is 17.2. The third-order valence-electron chi connectivity index (χ3n) is 4.82. The summed E-state index contributed by atoms with van der Waals surface area (Å²) in [7, 11) is 2.06. The van der Waals surface area contributed by atoms with E-state index in [1.807, 2.05) is 22.9 Å². The summed E-state index contributed by atoms with van der Waals surface area (Å²) in [5, 5.41) is 0.589. The molecule has 1 fully saturated rings. The van der Waals surface area contributed by atoms with Gasteiger partial charge in [-0.05, 0) is 32.5 Å². The molecular formula is C16H18FIN4O2. The van der Waals surface area contributed by atoms with Gasteiger partial charge in [-0.15, -0.1) is 0 Å². The van der Waals surface area contributed by atoms with Crippen molar-refractivity contribution in [2.24, 2.45) is 0 Å². The minimum absolute atomic E-state index is 0.0333. The number of nitrogens with zero attached hydrogens (tertiary/aromatic N) is 4. The Bertz CT molecular complexity index is 900. The number of hydrogen-bond donors (Lipinski definition) is 0. The van der Waals surface area contributed by atoms with Gasteiger partial charge < -0.3 is 14.5 Å².